The molecule has 0 aromatic carbocycles. The number of rotatable bonds is 2. The van der Waals surface area contributed by atoms with Crippen molar-refractivity contribution in [2.45, 2.75) is 20.3 Å². The quantitative estimate of drug-likeness (QED) is 0.433. The zero-order chi connectivity index (χ0) is 13.8. The van der Waals surface area contributed by atoms with Crippen LogP contribution >= 0.6 is 0 Å². The molecule has 0 aliphatic carbocycles. The Hall–Kier alpha value is -2.04. The first-order valence-electron chi connectivity index (χ1n) is 6.25. The Bertz CT molecular complexity index is 484. The smallest absolute Gasteiger partial charge is 0.379 e. The molecule has 2 rings (SSSR count). The van der Waals surface area contributed by atoms with E-state index >= 15 is 0 Å². The van der Waals surface area contributed by atoms with Crippen molar-refractivity contribution < 1.29 is 23.8 Å². The topological polar surface area (TPSA) is 61.8 Å². The summed E-state index contributed by atoms with van der Waals surface area (Å²) >= 11 is 0. The number of allylic oxidation sites excluding steroid dienone is 2. The van der Waals surface area contributed by atoms with E-state index in [0.29, 0.717) is 18.6 Å². The largest absolute Gasteiger partial charge is 0.486 e. The van der Waals surface area contributed by atoms with E-state index in [-0.39, 0.29) is 24.0 Å². The van der Waals surface area contributed by atoms with Gasteiger partial charge in [-0.2, -0.15) is 0 Å². The molecule has 0 fully saturated rings. The molecule has 0 saturated carbocycles. The minimum absolute atomic E-state index is 0.201. The monoisotopic (exact) mass is 264 g/mol. The van der Waals surface area contributed by atoms with Crippen LogP contribution in [-0.2, 0) is 23.8 Å². The van der Waals surface area contributed by atoms with Gasteiger partial charge < -0.3 is 14.2 Å². The highest BCUT2D eigenvalue weighted by molar-refractivity contribution is 5.94. The van der Waals surface area contributed by atoms with Crippen LogP contribution in [0.15, 0.2) is 35.3 Å². The second kappa shape index (κ2) is 5.73. The summed E-state index contributed by atoms with van der Waals surface area (Å²) in [5.41, 5.74) is 0.598. The molecular formula is C14H16O5. The molecule has 2 aliphatic heterocycles. The maximum atomic E-state index is 11.7. The zero-order valence-electron chi connectivity index (χ0n) is 11.0. The molecule has 0 N–H and O–H groups in total. The standard InChI is InChI=1S/C14H16O5/c1-3-17-12(15)7-11-10-6-4-5-9(2)8-18-13(10)14(16)19-11/h4-5,7,9H,3,6,8H2,1-2H3/b5-4-,11-7-. The van der Waals surface area contributed by atoms with Gasteiger partial charge in [-0.3, -0.25) is 0 Å². The normalized spacial score (nSPS) is 26.1. The van der Waals surface area contributed by atoms with Gasteiger partial charge >= 0.3 is 11.9 Å². The molecule has 0 aromatic heterocycles. The Balaban J connectivity index is 2.25. The third-order valence-electron chi connectivity index (χ3n) is 2.77. The SMILES string of the molecule is CCOC(=O)/C=C1\OC(=O)C2=C1C/C=C\C(C)CO2. The Morgan fingerprint density at radius 3 is 3.11 bits per heavy atom. The molecular weight excluding hydrogens is 248 g/mol. The molecule has 0 radical (unpaired) electrons. The van der Waals surface area contributed by atoms with Crippen LogP contribution in [0.2, 0.25) is 0 Å². The van der Waals surface area contributed by atoms with Gasteiger partial charge in [-0.25, -0.2) is 9.59 Å². The van der Waals surface area contributed by atoms with Crippen LogP contribution in [0.3, 0.4) is 0 Å². The molecule has 0 amide bonds. The Labute approximate surface area is 111 Å². The predicted octanol–water partition coefficient (Wildman–Crippen LogP) is 1.86. The minimum Gasteiger partial charge on any atom is -0.486 e. The van der Waals surface area contributed by atoms with Crippen molar-refractivity contribution in [1.82, 2.24) is 0 Å². The zero-order valence-corrected chi connectivity index (χ0v) is 11.0. The highest BCUT2D eigenvalue weighted by atomic mass is 16.6. The summed E-state index contributed by atoms with van der Waals surface area (Å²) < 4.78 is 15.3. The van der Waals surface area contributed by atoms with Crippen molar-refractivity contribution in [3.8, 4) is 0 Å². The highest BCUT2D eigenvalue weighted by Crippen LogP contribution is 2.31. The Morgan fingerprint density at radius 2 is 2.37 bits per heavy atom. The lowest BCUT2D eigenvalue weighted by Crippen LogP contribution is -2.10. The van der Waals surface area contributed by atoms with E-state index in [1.54, 1.807) is 6.92 Å². The predicted molar refractivity (Wildman–Crippen MR) is 66.7 cm³/mol. The first-order chi connectivity index (χ1) is 9.11. The molecule has 1 unspecified atom stereocenters. The maximum absolute atomic E-state index is 11.7. The molecule has 1 atom stereocenters. The van der Waals surface area contributed by atoms with Crippen molar-refractivity contribution in [2.75, 3.05) is 13.2 Å². The molecule has 102 valence electrons. The lowest BCUT2D eigenvalue weighted by atomic mass is 10.1. The highest BCUT2D eigenvalue weighted by Gasteiger charge is 2.32. The van der Waals surface area contributed by atoms with Crippen LogP contribution in [0, 0.1) is 5.92 Å². The molecule has 0 saturated heterocycles. The summed E-state index contributed by atoms with van der Waals surface area (Å²) in [5, 5.41) is 0. The second-order valence-corrected chi connectivity index (χ2v) is 4.38. The summed E-state index contributed by atoms with van der Waals surface area (Å²) in [5.74, 6) is -0.421. The van der Waals surface area contributed by atoms with Crippen molar-refractivity contribution in [2.24, 2.45) is 5.92 Å². The third-order valence-corrected chi connectivity index (χ3v) is 2.77. The Morgan fingerprint density at radius 1 is 1.58 bits per heavy atom. The van der Waals surface area contributed by atoms with E-state index in [4.69, 9.17) is 14.2 Å². The number of hydrogen-bond donors (Lipinski definition) is 0. The molecule has 5 nitrogen and oxygen atoms in total. The van der Waals surface area contributed by atoms with E-state index in [2.05, 4.69) is 0 Å². The maximum Gasteiger partial charge on any atom is 0.379 e. The lowest BCUT2D eigenvalue weighted by molar-refractivity contribution is -0.138. The van der Waals surface area contributed by atoms with Gasteiger partial charge in [0, 0.05) is 11.5 Å². The van der Waals surface area contributed by atoms with Crippen LogP contribution in [0.1, 0.15) is 20.3 Å². The van der Waals surface area contributed by atoms with Crippen LogP contribution in [0.4, 0.5) is 0 Å². The fraction of sp³-hybridized carbons (Fsp3) is 0.429. The van der Waals surface area contributed by atoms with E-state index in [1.807, 2.05) is 19.1 Å². The molecule has 2 aliphatic rings. The van der Waals surface area contributed by atoms with Crippen molar-refractivity contribution in [3.05, 3.63) is 35.3 Å². The first-order valence-corrected chi connectivity index (χ1v) is 6.25. The first kappa shape index (κ1) is 13.4. The summed E-state index contributed by atoms with van der Waals surface area (Å²) in [4.78, 5) is 23.1. The van der Waals surface area contributed by atoms with Gasteiger partial charge in [0.05, 0.1) is 19.3 Å². The molecule has 2 heterocycles. The van der Waals surface area contributed by atoms with E-state index in [1.165, 1.54) is 6.08 Å². The van der Waals surface area contributed by atoms with Gasteiger partial charge in [0.15, 0.2) is 0 Å². The molecule has 5 heteroatoms. The summed E-state index contributed by atoms with van der Waals surface area (Å²) in [6, 6.07) is 0. The molecule has 0 bridgehead atoms. The number of carbonyl (C=O) groups excluding carboxylic acids is 2. The van der Waals surface area contributed by atoms with Gasteiger partial charge in [-0.05, 0) is 13.3 Å². The van der Waals surface area contributed by atoms with Gasteiger partial charge in [-0.15, -0.1) is 0 Å². The van der Waals surface area contributed by atoms with Crippen LogP contribution in [0.25, 0.3) is 0 Å². The van der Waals surface area contributed by atoms with Crippen molar-refractivity contribution in [3.63, 3.8) is 0 Å². The minimum atomic E-state index is -0.548. The Kier molecular flexibility index (Phi) is 4.04. The van der Waals surface area contributed by atoms with E-state index in [9.17, 15) is 9.59 Å². The molecule has 0 spiro atoms. The van der Waals surface area contributed by atoms with Gasteiger partial charge in [0.25, 0.3) is 0 Å². The average molecular weight is 264 g/mol. The fourth-order valence-corrected chi connectivity index (χ4v) is 1.88. The number of esters is 2. The molecule has 19 heavy (non-hydrogen) atoms. The average Bonchev–Trinajstić information content (AvgIpc) is 2.60. The second-order valence-electron chi connectivity index (χ2n) is 4.38. The van der Waals surface area contributed by atoms with Crippen molar-refractivity contribution >= 4 is 11.9 Å². The van der Waals surface area contributed by atoms with Crippen LogP contribution in [0.5, 0.6) is 0 Å². The summed E-state index contributed by atoms with van der Waals surface area (Å²) in [7, 11) is 0. The van der Waals surface area contributed by atoms with Gasteiger partial charge in [0.1, 0.15) is 5.76 Å². The number of carbonyl (C=O) groups is 2. The third kappa shape index (κ3) is 3.05. The van der Waals surface area contributed by atoms with Gasteiger partial charge in [0.2, 0.25) is 5.76 Å². The lowest BCUT2D eigenvalue weighted by Gasteiger charge is -2.12. The molecule has 0 aromatic rings. The summed E-state index contributed by atoms with van der Waals surface area (Å²) in [6.07, 6.45) is 5.64. The van der Waals surface area contributed by atoms with Crippen LogP contribution < -0.4 is 0 Å². The fourth-order valence-electron chi connectivity index (χ4n) is 1.88. The number of hydrogen-bond acceptors (Lipinski definition) is 5. The summed E-state index contributed by atoms with van der Waals surface area (Å²) in [6.45, 7) is 4.40. The number of cyclic esters (lactones) is 1. The van der Waals surface area contributed by atoms with Crippen LogP contribution in [-0.4, -0.2) is 25.2 Å². The number of ether oxygens (including phenoxy) is 3. The van der Waals surface area contributed by atoms with E-state index < -0.39 is 11.9 Å². The van der Waals surface area contributed by atoms with E-state index in [0.717, 1.165) is 0 Å². The van der Waals surface area contributed by atoms with Crippen molar-refractivity contribution in [1.29, 1.82) is 0 Å². The van der Waals surface area contributed by atoms with Gasteiger partial charge in [-0.1, -0.05) is 19.1 Å².